The number of ether oxygens (including phenoxy) is 3. The van der Waals surface area contributed by atoms with Gasteiger partial charge in [-0.25, -0.2) is 0 Å². The monoisotopic (exact) mass is 332 g/mol. The molecule has 5 nitrogen and oxygen atoms in total. The van der Waals surface area contributed by atoms with E-state index in [4.69, 9.17) is 14.2 Å². The fourth-order valence-electron chi connectivity index (χ4n) is 4.42. The Morgan fingerprint density at radius 3 is 2.54 bits per heavy atom. The largest absolute Gasteiger partial charge is 0.451 e. The van der Waals surface area contributed by atoms with Crippen molar-refractivity contribution in [3.05, 3.63) is 24.0 Å². The van der Waals surface area contributed by atoms with Gasteiger partial charge in [-0.15, -0.1) is 0 Å². The Labute approximate surface area is 142 Å². The average molecular weight is 332 g/mol. The first-order valence-electron chi connectivity index (χ1n) is 8.58. The van der Waals surface area contributed by atoms with Crippen molar-refractivity contribution in [2.45, 2.75) is 70.7 Å². The fraction of sp³-hybridized carbons (Fsp3) is 0.684. The van der Waals surface area contributed by atoms with Gasteiger partial charge < -0.3 is 14.2 Å². The summed E-state index contributed by atoms with van der Waals surface area (Å²) in [4.78, 5) is 25.6. The zero-order chi connectivity index (χ0) is 17.6. The fourth-order valence-corrected chi connectivity index (χ4v) is 4.42. The Hall–Kier alpha value is -1.62. The van der Waals surface area contributed by atoms with E-state index in [1.807, 2.05) is 26.0 Å². The predicted octanol–water partition coefficient (Wildman–Crippen LogP) is 3.04. The molecule has 1 saturated carbocycles. The standard InChI is InChI=1S/C19H24O5/c1-15(2,3)13(20)22-12-11-17(5)16(4)9-10-18(24-16)7-6-8-19(12,18)14(21)23-17/h9-11H,6-8H2,1-5H3/t16-,17+,18+,19+/m1/s1. The SMILES string of the molecule is CC(C)(C)C(=O)OC1=C[C@]2(C)OC(=O)[C@]13CCC[C@]31C=C[C@@]2(C)O1. The second-order valence-electron chi connectivity index (χ2n) is 8.84. The van der Waals surface area contributed by atoms with Gasteiger partial charge >= 0.3 is 11.9 Å². The molecule has 2 spiro atoms. The first kappa shape index (κ1) is 15.9. The smallest absolute Gasteiger partial charge is 0.324 e. The van der Waals surface area contributed by atoms with Crippen LogP contribution in [0.25, 0.3) is 0 Å². The van der Waals surface area contributed by atoms with Crippen LogP contribution >= 0.6 is 0 Å². The number of fused-ring (bicyclic) bond motifs is 1. The zero-order valence-electron chi connectivity index (χ0n) is 14.9. The van der Waals surface area contributed by atoms with Gasteiger partial charge in [-0.3, -0.25) is 9.59 Å². The predicted molar refractivity (Wildman–Crippen MR) is 85.8 cm³/mol. The van der Waals surface area contributed by atoms with Crippen molar-refractivity contribution >= 4 is 11.9 Å². The van der Waals surface area contributed by atoms with Gasteiger partial charge in [0.1, 0.15) is 17.0 Å². The normalized spacial score (nSPS) is 45.5. The molecule has 0 amide bonds. The van der Waals surface area contributed by atoms with Gasteiger partial charge in [0.15, 0.2) is 11.0 Å². The number of carbonyl (C=O) groups is 2. The van der Waals surface area contributed by atoms with Crippen molar-refractivity contribution in [1.29, 1.82) is 0 Å². The zero-order valence-corrected chi connectivity index (χ0v) is 14.9. The molecule has 5 rings (SSSR count). The van der Waals surface area contributed by atoms with Crippen LogP contribution in [0.15, 0.2) is 24.0 Å². The topological polar surface area (TPSA) is 61.8 Å². The van der Waals surface area contributed by atoms with Crippen molar-refractivity contribution in [3.63, 3.8) is 0 Å². The lowest BCUT2D eigenvalue weighted by Gasteiger charge is -2.43. The van der Waals surface area contributed by atoms with Crippen LogP contribution in [0.4, 0.5) is 0 Å². The van der Waals surface area contributed by atoms with Crippen molar-refractivity contribution < 1.29 is 23.8 Å². The molecule has 5 aliphatic rings. The van der Waals surface area contributed by atoms with Gasteiger partial charge in [-0.1, -0.05) is 6.08 Å². The van der Waals surface area contributed by atoms with Crippen molar-refractivity contribution in [3.8, 4) is 0 Å². The van der Waals surface area contributed by atoms with E-state index in [2.05, 4.69) is 0 Å². The minimum absolute atomic E-state index is 0.338. The molecule has 4 aliphatic heterocycles. The van der Waals surface area contributed by atoms with Crippen molar-refractivity contribution in [2.75, 3.05) is 0 Å². The average Bonchev–Trinajstić information content (AvgIpc) is 2.96. The summed E-state index contributed by atoms with van der Waals surface area (Å²) < 4.78 is 18.1. The van der Waals surface area contributed by atoms with Gasteiger partial charge in [0.25, 0.3) is 0 Å². The van der Waals surface area contributed by atoms with Gasteiger partial charge in [0.05, 0.1) is 5.41 Å². The Kier molecular flexibility index (Phi) is 2.73. The summed E-state index contributed by atoms with van der Waals surface area (Å²) in [6.07, 6.45) is 7.89. The number of hydrogen-bond acceptors (Lipinski definition) is 5. The lowest BCUT2D eigenvalue weighted by molar-refractivity contribution is -0.175. The summed E-state index contributed by atoms with van der Waals surface area (Å²) in [7, 11) is 0. The number of carbonyl (C=O) groups excluding carboxylic acids is 2. The Morgan fingerprint density at radius 2 is 1.88 bits per heavy atom. The number of rotatable bonds is 1. The van der Waals surface area contributed by atoms with Gasteiger partial charge in [-0.05, 0) is 60.0 Å². The molecule has 1 aliphatic carbocycles. The summed E-state index contributed by atoms with van der Waals surface area (Å²) in [6.45, 7) is 9.14. The van der Waals surface area contributed by atoms with E-state index >= 15 is 0 Å². The highest BCUT2D eigenvalue weighted by atomic mass is 16.6. The Bertz CT molecular complexity index is 714. The first-order valence-corrected chi connectivity index (χ1v) is 8.58. The third-order valence-corrected chi connectivity index (χ3v) is 6.17. The molecule has 1 saturated heterocycles. The molecule has 130 valence electrons. The molecule has 4 atom stereocenters. The van der Waals surface area contributed by atoms with Crippen LogP contribution < -0.4 is 0 Å². The molecule has 4 bridgehead atoms. The molecule has 0 aromatic heterocycles. The lowest BCUT2D eigenvalue weighted by Crippen LogP contribution is -2.55. The highest BCUT2D eigenvalue weighted by Gasteiger charge is 2.75. The van der Waals surface area contributed by atoms with Gasteiger partial charge in [0.2, 0.25) is 0 Å². The van der Waals surface area contributed by atoms with Crippen LogP contribution in [0.3, 0.4) is 0 Å². The highest BCUT2D eigenvalue weighted by molar-refractivity contribution is 5.88. The van der Waals surface area contributed by atoms with E-state index in [1.165, 1.54) is 0 Å². The molecular weight excluding hydrogens is 308 g/mol. The van der Waals surface area contributed by atoms with Crippen LogP contribution in [0.5, 0.6) is 0 Å². The van der Waals surface area contributed by atoms with Crippen LogP contribution in [-0.2, 0) is 23.8 Å². The molecule has 0 aromatic rings. The molecule has 24 heavy (non-hydrogen) atoms. The Morgan fingerprint density at radius 1 is 1.17 bits per heavy atom. The summed E-state index contributed by atoms with van der Waals surface area (Å²) in [5.41, 5.74) is -4.24. The van der Waals surface area contributed by atoms with Crippen LogP contribution in [0.1, 0.15) is 53.9 Å². The van der Waals surface area contributed by atoms with E-state index in [1.54, 1.807) is 26.8 Å². The van der Waals surface area contributed by atoms with E-state index in [0.717, 1.165) is 6.42 Å². The van der Waals surface area contributed by atoms with Gasteiger partial charge in [0, 0.05) is 6.08 Å². The van der Waals surface area contributed by atoms with E-state index in [-0.39, 0.29) is 11.9 Å². The second-order valence-corrected chi connectivity index (χ2v) is 8.84. The van der Waals surface area contributed by atoms with E-state index in [0.29, 0.717) is 18.6 Å². The summed E-state index contributed by atoms with van der Waals surface area (Å²) in [5, 5.41) is 0. The van der Waals surface area contributed by atoms with E-state index in [9.17, 15) is 9.59 Å². The van der Waals surface area contributed by atoms with Crippen LogP contribution in [-0.4, -0.2) is 28.7 Å². The van der Waals surface area contributed by atoms with Crippen LogP contribution in [0, 0.1) is 10.8 Å². The third kappa shape index (κ3) is 1.59. The minimum atomic E-state index is -1.06. The minimum Gasteiger partial charge on any atom is -0.451 e. The molecule has 4 heterocycles. The maximum Gasteiger partial charge on any atom is 0.324 e. The first-order chi connectivity index (χ1) is 11.0. The number of esters is 2. The Balaban J connectivity index is 1.91. The molecule has 0 aromatic carbocycles. The van der Waals surface area contributed by atoms with Crippen molar-refractivity contribution in [2.24, 2.45) is 10.8 Å². The number of hydrogen-bond donors (Lipinski definition) is 0. The van der Waals surface area contributed by atoms with Crippen molar-refractivity contribution in [1.82, 2.24) is 0 Å². The molecule has 0 N–H and O–H groups in total. The summed E-state index contributed by atoms with van der Waals surface area (Å²) >= 11 is 0. The maximum absolute atomic E-state index is 13.1. The molecular formula is C19H24O5. The second kappa shape index (κ2) is 4.13. The maximum atomic E-state index is 13.1. The lowest BCUT2D eigenvalue weighted by atomic mass is 9.68. The third-order valence-electron chi connectivity index (χ3n) is 6.17. The quantitative estimate of drug-likeness (QED) is 0.545. The van der Waals surface area contributed by atoms with E-state index < -0.39 is 27.6 Å². The highest BCUT2D eigenvalue weighted by Crippen LogP contribution is 2.66. The van der Waals surface area contributed by atoms with Crippen LogP contribution in [0.2, 0.25) is 0 Å². The molecule has 5 heteroatoms. The van der Waals surface area contributed by atoms with Gasteiger partial charge in [-0.2, -0.15) is 0 Å². The summed E-state index contributed by atoms with van der Waals surface area (Å²) in [5.74, 6) is -0.277. The molecule has 0 unspecified atom stereocenters. The molecule has 0 radical (unpaired) electrons. The summed E-state index contributed by atoms with van der Waals surface area (Å²) in [6, 6.07) is 0. The molecule has 2 fully saturated rings.